The lowest BCUT2D eigenvalue weighted by molar-refractivity contribution is -0.149. The van der Waals surface area contributed by atoms with Crippen LogP contribution in [0.5, 0.6) is 0 Å². The van der Waals surface area contributed by atoms with E-state index < -0.39 is 6.04 Å². The summed E-state index contributed by atoms with van der Waals surface area (Å²) >= 11 is 6.74. The average molecular weight is 420 g/mol. The molecule has 0 spiro atoms. The number of esters is 1. The van der Waals surface area contributed by atoms with Crippen molar-refractivity contribution in [2.24, 2.45) is 0 Å². The van der Waals surface area contributed by atoms with Crippen molar-refractivity contribution in [2.75, 3.05) is 26.2 Å². The SMILES string of the molecule is CCOC(=O)C1CNCCN1C(=O)c1cc(Br)cc(Br)c1. The third-order valence-corrected chi connectivity index (χ3v) is 4.09. The van der Waals surface area contributed by atoms with E-state index >= 15 is 0 Å². The van der Waals surface area contributed by atoms with Crippen molar-refractivity contribution in [3.05, 3.63) is 32.7 Å². The number of benzene rings is 1. The molecule has 1 aromatic rings. The first-order valence-electron chi connectivity index (χ1n) is 6.67. The number of rotatable bonds is 3. The maximum absolute atomic E-state index is 12.7. The van der Waals surface area contributed by atoms with Crippen LogP contribution in [0.3, 0.4) is 0 Å². The van der Waals surface area contributed by atoms with Crippen LogP contribution < -0.4 is 5.32 Å². The molecule has 1 fully saturated rings. The minimum absolute atomic E-state index is 0.170. The van der Waals surface area contributed by atoms with Gasteiger partial charge in [0.15, 0.2) is 0 Å². The summed E-state index contributed by atoms with van der Waals surface area (Å²) in [5.74, 6) is -0.538. The van der Waals surface area contributed by atoms with Gasteiger partial charge in [0.25, 0.3) is 5.91 Å². The fourth-order valence-corrected chi connectivity index (χ4v) is 3.53. The standard InChI is InChI=1S/C14H16Br2N2O3/c1-2-21-14(20)12-8-17-3-4-18(12)13(19)9-5-10(15)7-11(16)6-9/h5-7,12,17H,2-4,8H2,1H3. The lowest BCUT2D eigenvalue weighted by atomic mass is 10.1. The highest BCUT2D eigenvalue weighted by Gasteiger charge is 2.33. The molecule has 2 rings (SSSR count). The first kappa shape index (κ1) is 16.5. The third-order valence-electron chi connectivity index (χ3n) is 3.17. The van der Waals surface area contributed by atoms with Crippen LogP contribution in [0.2, 0.25) is 0 Å². The molecule has 1 saturated heterocycles. The van der Waals surface area contributed by atoms with Crippen molar-refractivity contribution >= 4 is 43.7 Å². The fraction of sp³-hybridized carbons (Fsp3) is 0.429. The summed E-state index contributed by atoms with van der Waals surface area (Å²) in [6, 6.07) is 4.77. The van der Waals surface area contributed by atoms with E-state index in [1.165, 1.54) is 0 Å². The van der Waals surface area contributed by atoms with Crippen LogP contribution in [0.25, 0.3) is 0 Å². The van der Waals surface area contributed by atoms with Gasteiger partial charge in [0.05, 0.1) is 6.61 Å². The Morgan fingerprint density at radius 2 is 2.00 bits per heavy atom. The zero-order valence-corrected chi connectivity index (χ0v) is 14.7. The summed E-state index contributed by atoms with van der Waals surface area (Å²) in [7, 11) is 0. The van der Waals surface area contributed by atoms with Crippen LogP contribution >= 0.6 is 31.9 Å². The molecular formula is C14H16Br2N2O3. The lowest BCUT2D eigenvalue weighted by Gasteiger charge is -2.34. The van der Waals surface area contributed by atoms with Crippen molar-refractivity contribution < 1.29 is 14.3 Å². The van der Waals surface area contributed by atoms with E-state index in [2.05, 4.69) is 37.2 Å². The Morgan fingerprint density at radius 1 is 1.33 bits per heavy atom. The molecule has 1 aromatic carbocycles. The zero-order valence-electron chi connectivity index (χ0n) is 11.6. The lowest BCUT2D eigenvalue weighted by Crippen LogP contribution is -2.57. The quantitative estimate of drug-likeness (QED) is 0.763. The molecule has 0 saturated carbocycles. The van der Waals surface area contributed by atoms with Crippen molar-refractivity contribution in [1.82, 2.24) is 10.2 Å². The van der Waals surface area contributed by atoms with Gasteiger partial charge in [0, 0.05) is 34.1 Å². The van der Waals surface area contributed by atoms with Gasteiger partial charge in [-0.3, -0.25) is 4.79 Å². The summed E-state index contributed by atoms with van der Waals surface area (Å²) in [4.78, 5) is 26.2. The van der Waals surface area contributed by atoms with Gasteiger partial charge in [-0.2, -0.15) is 0 Å². The predicted octanol–water partition coefficient (Wildman–Crippen LogP) is 2.19. The van der Waals surface area contributed by atoms with Gasteiger partial charge in [-0.1, -0.05) is 31.9 Å². The highest BCUT2D eigenvalue weighted by Crippen LogP contribution is 2.22. The Bertz CT molecular complexity index is 531. The van der Waals surface area contributed by atoms with Gasteiger partial charge in [0.1, 0.15) is 6.04 Å². The van der Waals surface area contributed by atoms with Gasteiger partial charge in [-0.15, -0.1) is 0 Å². The number of ether oxygens (including phenoxy) is 1. The summed E-state index contributed by atoms with van der Waals surface area (Å²) in [5, 5.41) is 3.12. The monoisotopic (exact) mass is 418 g/mol. The van der Waals surface area contributed by atoms with E-state index in [1.807, 2.05) is 6.07 Å². The molecule has 1 atom stereocenters. The molecule has 0 aromatic heterocycles. The number of piperazine rings is 1. The highest BCUT2D eigenvalue weighted by molar-refractivity contribution is 9.11. The molecule has 1 heterocycles. The second-order valence-electron chi connectivity index (χ2n) is 4.63. The van der Waals surface area contributed by atoms with E-state index in [0.717, 1.165) is 8.95 Å². The number of amides is 1. The van der Waals surface area contributed by atoms with Gasteiger partial charge >= 0.3 is 5.97 Å². The molecule has 114 valence electrons. The van der Waals surface area contributed by atoms with Crippen molar-refractivity contribution in [3.8, 4) is 0 Å². The number of nitrogens with zero attached hydrogens (tertiary/aromatic N) is 1. The second kappa shape index (κ2) is 7.38. The van der Waals surface area contributed by atoms with Gasteiger partial charge in [-0.25, -0.2) is 4.79 Å². The van der Waals surface area contributed by atoms with Gasteiger partial charge in [-0.05, 0) is 25.1 Å². The van der Waals surface area contributed by atoms with E-state index in [0.29, 0.717) is 31.8 Å². The first-order chi connectivity index (χ1) is 10.0. The largest absolute Gasteiger partial charge is 0.464 e. The third kappa shape index (κ3) is 4.05. The highest BCUT2D eigenvalue weighted by atomic mass is 79.9. The summed E-state index contributed by atoms with van der Waals surface area (Å²) < 4.78 is 6.67. The molecule has 7 heteroatoms. The molecule has 0 aliphatic carbocycles. The number of halogens is 2. The maximum Gasteiger partial charge on any atom is 0.330 e. The number of carbonyl (C=O) groups excluding carboxylic acids is 2. The van der Waals surface area contributed by atoms with Crippen LogP contribution in [0.1, 0.15) is 17.3 Å². The summed E-state index contributed by atoms with van der Waals surface area (Å²) in [6.45, 7) is 3.62. The molecule has 21 heavy (non-hydrogen) atoms. The number of hydrogen-bond acceptors (Lipinski definition) is 4. The molecule has 1 amide bonds. The van der Waals surface area contributed by atoms with Crippen molar-refractivity contribution in [3.63, 3.8) is 0 Å². The second-order valence-corrected chi connectivity index (χ2v) is 6.46. The Kier molecular flexibility index (Phi) is 5.78. The summed E-state index contributed by atoms with van der Waals surface area (Å²) in [5.41, 5.74) is 0.535. The van der Waals surface area contributed by atoms with Crippen molar-refractivity contribution in [1.29, 1.82) is 0 Å². The van der Waals surface area contributed by atoms with Crippen molar-refractivity contribution in [2.45, 2.75) is 13.0 Å². The van der Waals surface area contributed by atoms with E-state index in [-0.39, 0.29) is 11.9 Å². The van der Waals surface area contributed by atoms with Crippen LogP contribution in [-0.2, 0) is 9.53 Å². The maximum atomic E-state index is 12.7. The van der Waals surface area contributed by atoms with Gasteiger partial charge in [0.2, 0.25) is 0 Å². The zero-order chi connectivity index (χ0) is 15.4. The van der Waals surface area contributed by atoms with Crippen LogP contribution in [-0.4, -0.2) is 49.1 Å². The fourth-order valence-electron chi connectivity index (χ4n) is 2.24. The molecule has 1 aliphatic heterocycles. The normalized spacial score (nSPS) is 18.4. The van der Waals surface area contributed by atoms with Crippen LogP contribution in [0, 0.1) is 0 Å². The number of hydrogen-bond donors (Lipinski definition) is 1. The van der Waals surface area contributed by atoms with Crippen LogP contribution in [0.4, 0.5) is 0 Å². The number of nitrogens with one attached hydrogen (secondary N) is 1. The molecule has 1 unspecified atom stereocenters. The Balaban J connectivity index is 2.24. The first-order valence-corrected chi connectivity index (χ1v) is 8.26. The Labute approximate surface area is 140 Å². The molecular weight excluding hydrogens is 404 g/mol. The van der Waals surface area contributed by atoms with E-state index in [4.69, 9.17) is 4.74 Å². The van der Waals surface area contributed by atoms with E-state index in [1.54, 1.807) is 24.0 Å². The predicted molar refractivity (Wildman–Crippen MR) is 86.2 cm³/mol. The molecule has 1 N–H and O–H groups in total. The topological polar surface area (TPSA) is 58.6 Å². The van der Waals surface area contributed by atoms with Gasteiger partial charge < -0.3 is 15.0 Å². The Morgan fingerprint density at radius 3 is 2.62 bits per heavy atom. The smallest absolute Gasteiger partial charge is 0.330 e. The molecule has 5 nitrogen and oxygen atoms in total. The number of carbonyl (C=O) groups is 2. The molecule has 0 radical (unpaired) electrons. The molecule has 1 aliphatic rings. The minimum atomic E-state index is -0.580. The Hall–Kier alpha value is -0.920. The minimum Gasteiger partial charge on any atom is -0.464 e. The molecule has 0 bridgehead atoms. The average Bonchev–Trinajstić information content (AvgIpc) is 2.45. The van der Waals surface area contributed by atoms with Crippen LogP contribution in [0.15, 0.2) is 27.1 Å². The van der Waals surface area contributed by atoms with E-state index in [9.17, 15) is 9.59 Å². The summed E-state index contributed by atoms with van der Waals surface area (Å²) in [6.07, 6.45) is 0.